The van der Waals surface area contributed by atoms with Crippen LogP contribution in [0.5, 0.6) is 0 Å². The van der Waals surface area contributed by atoms with Crippen molar-refractivity contribution in [3.63, 3.8) is 0 Å². The van der Waals surface area contributed by atoms with Gasteiger partial charge < -0.3 is 9.84 Å². The zero-order chi connectivity index (χ0) is 12.6. The van der Waals surface area contributed by atoms with Gasteiger partial charge in [0.05, 0.1) is 0 Å². The number of aliphatic hydroxyl groups excluding tert-OH is 1. The molecule has 0 aromatic carbocycles. The van der Waals surface area contributed by atoms with Gasteiger partial charge in [0.2, 0.25) is 0 Å². The zero-order valence-electron chi connectivity index (χ0n) is 11.2. The average Bonchev–Trinajstić information content (AvgIpc) is 2.68. The molecule has 0 saturated carbocycles. The third-order valence-electron chi connectivity index (χ3n) is 3.76. The summed E-state index contributed by atoms with van der Waals surface area (Å²) in [5.74, 6) is 1.25. The molecule has 0 spiro atoms. The van der Waals surface area contributed by atoms with Crippen molar-refractivity contribution >= 4 is 0 Å². The lowest BCUT2D eigenvalue weighted by molar-refractivity contribution is 0.164. The van der Waals surface area contributed by atoms with Crippen molar-refractivity contribution in [3.8, 4) is 0 Å². The number of nitrogens with zero attached hydrogens (tertiary/aromatic N) is 1. The first kappa shape index (κ1) is 13.6. The SMILES string of the molecule is OC[C@@H]1C=CC(OCCN2CCCCCC2)=CC1. The number of hydrogen-bond donors (Lipinski definition) is 1. The summed E-state index contributed by atoms with van der Waals surface area (Å²) in [4.78, 5) is 2.51. The topological polar surface area (TPSA) is 32.7 Å². The van der Waals surface area contributed by atoms with Crippen LogP contribution < -0.4 is 0 Å². The Balaban J connectivity index is 1.63. The van der Waals surface area contributed by atoms with Gasteiger partial charge in [0, 0.05) is 19.1 Å². The van der Waals surface area contributed by atoms with Crippen molar-refractivity contribution in [1.82, 2.24) is 4.90 Å². The van der Waals surface area contributed by atoms with Crippen molar-refractivity contribution < 1.29 is 9.84 Å². The number of hydrogen-bond acceptors (Lipinski definition) is 3. The predicted octanol–water partition coefficient (Wildman–Crippen LogP) is 2.33. The van der Waals surface area contributed by atoms with E-state index in [9.17, 15) is 0 Å². The molecule has 1 aliphatic heterocycles. The number of aliphatic hydroxyl groups is 1. The summed E-state index contributed by atoms with van der Waals surface area (Å²) in [6, 6.07) is 0. The summed E-state index contributed by atoms with van der Waals surface area (Å²) in [6.45, 7) is 4.50. The first-order chi connectivity index (χ1) is 8.88. The van der Waals surface area contributed by atoms with Gasteiger partial charge in [-0.05, 0) is 44.5 Å². The first-order valence-corrected chi connectivity index (χ1v) is 7.23. The number of rotatable bonds is 5. The van der Waals surface area contributed by atoms with Crippen LogP contribution in [0.15, 0.2) is 24.0 Å². The lowest BCUT2D eigenvalue weighted by atomic mass is 10.0. The Morgan fingerprint density at radius 3 is 2.61 bits per heavy atom. The summed E-state index contributed by atoms with van der Waals surface area (Å²) >= 11 is 0. The highest BCUT2D eigenvalue weighted by molar-refractivity contribution is 5.18. The van der Waals surface area contributed by atoms with E-state index in [0.717, 1.165) is 25.3 Å². The predicted molar refractivity (Wildman–Crippen MR) is 73.3 cm³/mol. The standard InChI is InChI=1S/C15H25NO2/c17-13-14-5-7-15(8-6-14)18-12-11-16-9-3-1-2-4-10-16/h5,7-8,14,17H,1-4,6,9-13H2/t14-/m1/s1. The van der Waals surface area contributed by atoms with Crippen molar-refractivity contribution in [2.75, 3.05) is 32.8 Å². The van der Waals surface area contributed by atoms with E-state index >= 15 is 0 Å². The summed E-state index contributed by atoms with van der Waals surface area (Å²) in [7, 11) is 0. The maximum Gasteiger partial charge on any atom is 0.115 e. The van der Waals surface area contributed by atoms with Crippen LogP contribution >= 0.6 is 0 Å². The Bertz CT molecular complexity index is 291. The Kier molecular flexibility index (Phi) is 5.75. The lowest BCUT2D eigenvalue weighted by Gasteiger charge is -2.21. The van der Waals surface area contributed by atoms with Gasteiger partial charge in [0.15, 0.2) is 0 Å². The molecule has 1 atom stereocenters. The smallest absolute Gasteiger partial charge is 0.115 e. The molecular weight excluding hydrogens is 226 g/mol. The minimum absolute atomic E-state index is 0.230. The molecule has 1 aliphatic carbocycles. The van der Waals surface area contributed by atoms with Crippen molar-refractivity contribution in [2.45, 2.75) is 32.1 Å². The van der Waals surface area contributed by atoms with Crippen molar-refractivity contribution in [3.05, 3.63) is 24.0 Å². The van der Waals surface area contributed by atoms with E-state index in [2.05, 4.69) is 11.0 Å². The van der Waals surface area contributed by atoms with Crippen molar-refractivity contribution in [1.29, 1.82) is 0 Å². The van der Waals surface area contributed by atoms with Crippen LogP contribution in [0.3, 0.4) is 0 Å². The van der Waals surface area contributed by atoms with Gasteiger partial charge in [-0.2, -0.15) is 0 Å². The Labute approximate surface area is 110 Å². The van der Waals surface area contributed by atoms with E-state index in [-0.39, 0.29) is 12.5 Å². The summed E-state index contributed by atoms with van der Waals surface area (Å²) < 4.78 is 5.77. The molecule has 1 heterocycles. The largest absolute Gasteiger partial charge is 0.493 e. The fourth-order valence-electron chi connectivity index (χ4n) is 2.54. The highest BCUT2D eigenvalue weighted by Crippen LogP contribution is 2.16. The van der Waals surface area contributed by atoms with Gasteiger partial charge in [-0.25, -0.2) is 0 Å². The Morgan fingerprint density at radius 1 is 1.22 bits per heavy atom. The van der Waals surface area contributed by atoms with E-state index in [4.69, 9.17) is 9.84 Å². The molecule has 0 amide bonds. The molecule has 0 aromatic rings. The van der Waals surface area contributed by atoms with E-state index in [1.54, 1.807) is 0 Å². The van der Waals surface area contributed by atoms with Gasteiger partial charge in [-0.1, -0.05) is 18.9 Å². The van der Waals surface area contributed by atoms with E-state index in [1.165, 1.54) is 38.8 Å². The first-order valence-electron chi connectivity index (χ1n) is 7.23. The molecular formula is C15H25NO2. The summed E-state index contributed by atoms with van der Waals surface area (Å²) in [6.07, 6.45) is 12.5. The monoisotopic (exact) mass is 251 g/mol. The van der Waals surface area contributed by atoms with Crippen LogP contribution in [0.4, 0.5) is 0 Å². The lowest BCUT2D eigenvalue weighted by Crippen LogP contribution is -2.28. The maximum atomic E-state index is 9.02. The Hall–Kier alpha value is -0.800. The van der Waals surface area contributed by atoms with Gasteiger partial charge in [-0.3, -0.25) is 4.90 Å². The van der Waals surface area contributed by atoms with Crippen LogP contribution in [0.1, 0.15) is 32.1 Å². The van der Waals surface area contributed by atoms with Crippen LogP contribution in [0.2, 0.25) is 0 Å². The van der Waals surface area contributed by atoms with E-state index in [1.807, 2.05) is 12.2 Å². The molecule has 2 rings (SSSR count). The highest BCUT2D eigenvalue weighted by Gasteiger charge is 2.10. The van der Waals surface area contributed by atoms with E-state index in [0.29, 0.717) is 0 Å². The molecule has 2 aliphatic rings. The van der Waals surface area contributed by atoms with Crippen LogP contribution in [0, 0.1) is 5.92 Å². The normalized spacial score (nSPS) is 25.6. The second kappa shape index (κ2) is 7.59. The number of ether oxygens (including phenoxy) is 1. The molecule has 0 aromatic heterocycles. The summed E-state index contributed by atoms with van der Waals surface area (Å²) in [5, 5.41) is 9.02. The number of allylic oxidation sites excluding steroid dienone is 2. The molecule has 1 N–H and O–H groups in total. The zero-order valence-corrected chi connectivity index (χ0v) is 11.2. The molecule has 102 valence electrons. The van der Waals surface area contributed by atoms with Crippen LogP contribution in [-0.4, -0.2) is 42.9 Å². The van der Waals surface area contributed by atoms with Gasteiger partial charge in [-0.15, -0.1) is 0 Å². The van der Waals surface area contributed by atoms with E-state index < -0.39 is 0 Å². The minimum atomic E-state index is 0.230. The van der Waals surface area contributed by atoms with Crippen molar-refractivity contribution in [2.24, 2.45) is 5.92 Å². The molecule has 1 saturated heterocycles. The molecule has 18 heavy (non-hydrogen) atoms. The Morgan fingerprint density at radius 2 is 2.00 bits per heavy atom. The molecule has 0 bridgehead atoms. The average molecular weight is 251 g/mol. The highest BCUT2D eigenvalue weighted by atomic mass is 16.5. The third kappa shape index (κ3) is 4.46. The molecule has 3 heteroatoms. The van der Waals surface area contributed by atoms with Crippen LogP contribution in [-0.2, 0) is 4.74 Å². The molecule has 3 nitrogen and oxygen atoms in total. The number of likely N-dealkylation sites (tertiary alicyclic amines) is 1. The quantitative estimate of drug-likeness (QED) is 0.814. The van der Waals surface area contributed by atoms with Crippen LogP contribution in [0.25, 0.3) is 0 Å². The summed E-state index contributed by atoms with van der Waals surface area (Å²) in [5.41, 5.74) is 0. The third-order valence-corrected chi connectivity index (χ3v) is 3.76. The maximum absolute atomic E-state index is 9.02. The second-order valence-corrected chi connectivity index (χ2v) is 5.25. The minimum Gasteiger partial charge on any atom is -0.493 e. The molecule has 1 fully saturated rings. The molecule has 0 radical (unpaired) electrons. The molecule has 0 unspecified atom stereocenters. The van der Waals surface area contributed by atoms with Gasteiger partial charge in [0.1, 0.15) is 12.4 Å². The second-order valence-electron chi connectivity index (χ2n) is 5.25. The fraction of sp³-hybridized carbons (Fsp3) is 0.733. The fourth-order valence-corrected chi connectivity index (χ4v) is 2.54. The van der Waals surface area contributed by atoms with Gasteiger partial charge in [0.25, 0.3) is 0 Å². The van der Waals surface area contributed by atoms with Gasteiger partial charge >= 0.3 is 0 Å².